The molecule has 0 bridgehead atoms. The maximum Gasteiger partial charge on any atom is 0.304 e. The van der Waals surface area contributed by atoms with Crippen molar-refractivity contribution in [3.63, 3.8) is 0 Å². The van der Waals surface area contributed by atoms with Gasteiger partial charge in [0, 0.05) is 23.7 Å². The number of rotatable bonds is 8. The number of carboxylic acid groups (broad SMARTS) is 1. The Morgan fingerprint density at radius 1 is 1.30 bits per heavy atom. The summed E-state index contributed by atoms with van der Waals surface area (Å²) in [6, 6.07) is 1.72. The van der Waals surface area contributed by atoms with E-state index < -0.39 is 5.97 Å². The number of nitrogens with zero attached hydrogens (tertiary/aromatic N) is 2. The zero-order chi connectivity index (χ0) is 16.8. The molecule has 0 aromatic carbocycles. The molecule has 2 aromatic heterocycles. The third-order valence-electron chi connectivity index (χ3n) is 2.94. The average Bonchev–Trinajstić information content (AvgIpc) is 2.86. The lowest BCUT2D eigenvalue weighted by atomic mass is 10.1. The molecule has 9 heteroatoms. The van der Waals surface area contributed by atoms with Gasteiger partial charge in [-0.1, -0.05) is 26.7 Å². The van der Waals surface area contributed by atoms with E-state index >= 15 is 0 Å². The molecule has 23 heavy (non-hydrogen) atoms. The molecule has 1 amide bonds. The summed E-state index contributed by atoms with van der Waals surface area (Å²) in [6.07, 6.45) is 0.144. The lowest BCUT2D eigenvalue weighted by Gasteiger charge is -2.06. The fourth-order valence-corrected chi connectivity index (χ4v) is 3.83. The van der Waals surface area contributed by atoms with E-state index in [0.717, 1.165) is 0 Å². The molecule has 0 unspecified atom stereocenters. The smallest absolute Gasteiger partial charge is 0.304 e. The summed E-state index contributed by atoms with van der Waals surface area (Å²) < 4.78 is 5.11. The lowest BCUT2D eigenvalue weighted by molar-refractivity contribution is -0.136. The Bertz CT molecular complexity index is 717. The minimum Gasteiger partial charge on any atom is -0.481 e. The summed E-state index contributed by atoms with van der Waals surface area (Å²) in [4.78, 5) is 26.9. The second kappa shape index (κ2) is 8.21. The summed E-state index contributed by atoms with van der Waals surface area (Å²) in [6.45, 7) is 4.06. The number of nitrogens with one attached hydrogen (secondary N) is 1. The van der Waals surface area contributed by atoms with Crippen molar-refractivity contribution < 1.29 is 19.2 Å². The number of amides is 1. The number of carbonyl (C=O) groups is 2. The van der Waals surface area contributed by atoms with Crippen LogP contribution >= 0.6 is 21.6 Å². The van der Waals surface area contributed by atoms with Crippen molar-refractivity contribution in [3.8, 4) is 0 Å². The second-order valence-electron chi connectivity index (χ2n) is 4.80. The van der Waals surface area contributed by atoms with Crippen molar-refractivity contribution >= 4 is 44.6 Å². The van der Waals surface area contributed by atoms with Gasteiger partial charge in [-0.05, 0) is 19.9 Å². The SMILES string of the molecule is Cc1cc(C(=O)NCCSSCCC(=O)O)c2c(C)noc2n1. The van der Waals surface area contributed by atoms with Crippen LogP contribution in [0.15, 0.2) is 10.6 Å². The zero-order valence-electron chi connectivity index (χ0n) is 12.8. The summed E-state index contributed by atoms with van der Waals surface area (Å²) in [5, 5.41) is 15.9. The first-order valence-corrected chi connectivity index (χ1v) is 9.46. The number of fused-ring (bicyclic) bond motifs is 1. The molecule has 0 saturated heterocycles. The number of aliphatic carboxylic acids is 1. The second-order valence-corrected chi connectivity index (χ2v) is 7.51. The van der Waals surface area contributed by atoms with Crippen LogP contribution in [0.25, 0.3) is 11.1 Å². The van der Waals surface area contributed by atoms with E-state index in [2.05, 4.69) is 15.5 Å². The highest BCUT2D eigenvalue weighted by atomic mass is 33.1. The van der Waals surface area contributed by atoms with Crippen molar-refractivity contribution in [2.45, 2.75) is 20.3 Å². The maximum atomic E-state index is 12.3. The quantitative estimate of drug-likeness (QED) is 0.549. The summed E-state index contributed by atoms with van der Waals surface area (Å²) in [7, 11) is 3.03. The van der Waals surface area contributed by atoms with Crippen LogP contribution < -0.4 is 5.32 Å². The molecule has 2 rings (SSSR count). The molecule has 0 aliphatic carbocycles. The molecule has 0 saturated carbocycles. The van der Waals surface area contributed by atoms with E-state index in [4.69, 9.17) is 9.63 Å². The molecule has 2 N–H and O–H groups in total. The molecule has 0 aliphatic rings. The van der Waals surface area contributed by atoms with Crippen molar-refractivity contribution in [1.82, 2.24) is 15.5 Å². The first-order valence-electron chi connectivity index (χ1n) is 6.97. The normalized spacial score (nSPS) is 10.9. The van der Waals surface area contributed by atoms with Gasteiger partial charge < -0.3 is 14.9 Å². The minimum atomic E-state index is -0.799. The highest BCUT2D eigenvalue weighted by molar-refractivity contribution is 8.76. The fourth-order valence-electron chi connectivity index (χ4n) is 1.95. The van der Waals surface area contributed by atoms with Crippen molar-refractivity contribution in [3.05, 3.63) is 23.0 Å². The molecule has 0 radical (unpaired) electrons. The van der Waals surface area contributed by atoms with E-state index in [0.29, 0.717) is 46.1 Å². The number of pyridine rings is 1. The molecule has 124 valence electrons. The van der Waals surface area contributed by atoms with E-state index in [-0.39, 0.29) is 12.3 Å². The van der Waals surface area contributed by atoms with Gasteiger partial charge in [-0.15, -0.1) is 0 Å². The maximum absolute atomic E-state index is 12.3. The Hall–Kier alpha value is -1.74. The van der Waals surface area contributed by atoms with Gasteiger partial charge in [0.2, 0.25) is 0 Å². The molecule has 2 heterocycles. The monoisotopic (exact) mass is 355 g/mol. The number of aryl methyl sites for hydroxylation is 2. The molecule has 0 fully saturated rings. The van der Waals surface area contributed by atoms with Crippen LogP contribution in [0.1, 0.15) is 28.2 Å². The van der Waals surface area contributed by atoms with Crippen molar-refractivity contribution in [2.75, 3.05) is 18.1 Å². The van der Waals surface area contributed by atoms with Crippen LogP contribution in [0.4, 0.5) is 0 Å². The van der Waals surface area contributed by atoms with Crippen LogP contribution in [0, 0.1) is 13.8 Å². The highest BCUT2D eigenvalue weighted by Gasteiger charge is 2.17. The number of hydrogen-bond donors (Lipinski definition) is 2. The molecular weight excluding hydrogens is 338 g/mol. The first-order chi connectivity index (χ1) is 11.0. The Morgan fingerprint density at radius 2 is 2.04 bits per heavy atom. The van der Waals surface area contributed by atoms with Gasteiger partial charge in [-0.2, -0.15) is 0 Å². The number of hydrogen-bond acceptors (Lipinski definition) is 7. The molecule has 2 aromatic rings. The van der Waals surface area contributed by atoms with E-state index in [1.165, 1.54) is 21.6 Å². The van der Waals surface area contributed by atoms with Crippen molar-refractivity contribution in [1.29, 1.82) is 0 Å². The van der Waals surface area contributed by atoms with Gasteiger partial charge in [0.25, 0.3) is 11.6 Å². The summed E-state index contributed by atoms with van der Waals surface area (Å²) in [5.41, 5.74) is 2.20. The van der Waals surface area contributed by atoms with Crippen LogP contribution in [0.2, 0.25) is 0 Å². The van der Waals surface area contributed by atoms with E-state index in [1.54, 1.807) is 19.9 Å². The van der Waals surface area contributed by atoms with Crippen LogP contribution in [0.3, 0.4) is 0 Å². The Labute approximate surface area is 141 Å². The summed E-state index contributed by atoms with van der Waals surface area (Å²) in [5.74, 6) is 0.264. The standard InChI is InChI=1S/C14H17N3O4S2/c1-8-7-10(12-9(2)17-21-14(12)16-8)13(20)15-4-6-23-22-5-3-11(18)19/h7H,3-6H2,1-2H3,(H,15,20)(H,18,19). The molecule has 7 nitrogen and oxygen atoms in total. The van der Waals surface area contributed by atoms with Gasteiger partial charge in [-0.3, -0.25) is 9.59 Å². The third kappa shape index (κ3) is 4.87. The predicted molar refractivity (Wildman–Crippen MR) is 90.8 cm³/mol. The first kappa shape index (κ1) is 17.6. The third-order valence-corrected chi connectivity index (χ3v) is 5.35. The van der Waals surface area contributed by atoms with Crippen molar-refractivity contribution in [2.24, 2.45) is 0 Å². The van der Waals surface area contributed by atoms with Crippen LogP contribution in [0.5, 0.6) is 0 Å². The Balaban J connectivity index is 1.87. The molecule has 0 spiro atoms. The van der Waals surface area contributed by atoms with E-state index in [9.17, 15) is 9.59 Å². The molecule has 0 aliphatic heterocycles. The lowest BCUT2D eigenvalue weighted by Crippen LogP contribution is -2.26. The average molecular weight is 355 g/mol. The summed E-state index contributed by atoms with van der Waals surface area (Å²) >= 11 is 0. The molecule has 0 atom stereocenters. The van der Waals surface area contributed by atoms with Gasteiger partial charge in [0.15, 0.2) is 0 Å². The van der Waals surface area contributed by atoms with E-state index in [1.807, 2.05) is 0 Å². The Morgan fingerprint density at radius 3 is 2.78 bits per heavy atom. The Kier molecular flexibility index (Phi) is 6.28. The molecular formula is C14H17N3O4S2. The van der Waals surface area contributed by atoms with Gasteiger partial charge in [-0.25, -0.2) is 4.98 Å². The topological polar surface area (TPSA) is 105 Å². The number of aromatic nitrogens is 2. The predicted octanol–water partition coefficient (Wildman–Crippen LogP) is 2.43. The number of carbonyl (C=O) groups excluding carboxylic acids is 1. The van der Waals surface area contributed by atoms with Gasteiger partial charge in [0.05, 0.1) is 23.1 Å². The zero-order valence-corrected chi connectivity index (χ0v) is 14.4. The highest BCUT2D eigenvalue weighted by Crippen LogP contribution is 2.23. The fraction of sp³-hybridized carbons (Fsp3) is 0.429. The largest absolute Gasteiger partial charge is 0.481 e. The van der Waals surface area contributed by atoms with Gasteiger partial charge >= 0.3 is 5.97 Å². The number of carboxylic acids is 1. The minimum absolute atomic E-state index is 0.144. The van der Waals surface area contributed by atoms with Crippen LogP contribution in [-0.2, 0) is 4.79 Å². The van der Waals surface area contributed by atoms with Gasteiger partial charge in [0.1, 0.15) is 0 Å². The van der Waals surface area contributed by atoms with Crippen LogP contribution in [-0.4, -0.2) is 45.2 Å².